The van der Waals surface area contributed by atoms with E-state index in [2.05, 4.69) is 25.9 Å². The van der Waals surface area contributed by atoms with Gasteiger partial charge in [0, 0.05) is 41.6 Å². The maximum absolute atomic E-state index is 12.0. The molecule has 0 N–H and O–H groups in total. The molecule has 0 radical (unpaired) electrons. The predicted molar refractivity (Wildman–Crippen MR) is 122 cm³/mol. The molecule has 0 saturated carbocycles. The first-order chi connectivity index (χ1) is 14.4. The minimum absolute atomic E-state index is 0.0653. The van der Waals surface area contributed by atoms with Crippen molar-refractivity contribution in [3.05, 3.63) is 73.9 Å². The second-order valence-corrected chi connectivity index (χ2v) is 9.17. The number of hydrogen-bond acceptors (Lipinski definition) is 4. The van der Waals surface area contributed by atoms with Crippen molar-refractivity contribution in [3.63, 3.8) is 0 Å². The monoisotopic (exact) mass is 507 g/mol. The van der Waals surface area contributed by atoms with Gasteiger partial charge in [-0.15, -0.1) is 9.60 Å². The minimum Gasteiger partial charge on any atom is -0.543 e. The topological polar surface area (TPSA) is 55.7 Å². The Hall–Kier alpha value is -1.70. The van der Waals surface area contributed by atoms with Gasteiger partial charge in [0.25, 0.3) is 5.84 Å². The quantitative estimate of drug-likeness (QED) is 0.551. The van der Waals surface area contributed by atoms with Crippen molar-refractivity contribution < 1.29 is 9.90 Å². The van der Waals surface area contributed by atoms with Crippen LogP contribution in [0.5, 0.6) is 0 Å². The van der Waals surface area contributed by atoms with E-state index in [1.54, 1.807) is 18.2 Å². The molecule has 30 heavy (non-hydrogen) atoms. The lowest BCUT2D eigenvalue weighted by Crippen LogP contribution is -2.64. The summed E-state index contributed by atoms with van der Waals surface area (Å²) in [6.45, 7) is 3.41. The maximum Gasteiger partial charge on any atom is 0.267 e. The molecule has 0 aliphatic carbocycles. The molecule has 1 unspecified atom stereocenters. The van der Waals surface area contributed by atoms with Crippen LogP contribution < -0.4 is 9.70 Å². The summed E-state index contributed by atoms with van der Waals surface area (Å²) in [5.41, 5.74) is 2.05. The largest absolute Gasteiger partial charge is 0.543 e. The summed E-state index contributed by atoms with van der Waals surface area (Å²) >= 11 is 16.2. The molecule has 0 aromatic heterocycles. The number of nitrogens with zero attached hydrogens (tertiary/aromatic N) is 3. The number of rotatable bonds is 4. The Bertz CT molecular complexity index is 1060. The van der Waals surface area contributed by atoms with E-state index in [-0.39, 0.29) is 10.3 Å². The molecule has 2 aromatic rings. The lowest BCUT2D eigenvalue weighted by molar-refractivity contribution is -0.299. The summed E-state index contributed by atoms with van der Waals surface area (Å²) < 4.78 is 1.02. The van der Waals surface area contributed by atoms with E-state index >= 15 is 0 Å². The fourth-order valence-corrected chi connectivity index (χ4v) is 5.09. The molecule has 0 amide bonds. The Kier molecular flexibility index (Phi) is 6.06. The summed E-state index contributed by atoms with van der Waals surface area (Å²) in [7, 11) is 0. The number of benzene rings is 2. The van der Waals surface area contributed by atoms with Crippen LogP contribution in [-0.4, -0.2) is 29.9 Å². The molecule has 0 bridgehead atoms. The summed E-state index contributed by atoms with van der Waals surface area (Å²) in [5.74, 6) is -0.762. The van der Waals surface area contributed by atoms with Crippen molar-refractivity contribution in [2.45, 2.75) is 26.2 Å². The van der Waals surface area contributed by atoms with Gasteiger partial charge in [0.1, 0.15) is 0 Å². The van der Waals surface area contributed by atoms with Crippen molar-refractivity contribution in [2.75, 3.05) is 13.1 Å². The number of halogens is 3. The van der Waals surface area contributed by atoms with Gasteiger partial charge >= 0.3 is 0 Å². The van der Waals surface area contributed by atoms with E-state index in [4.69, 9.17) is 23.2 Å². The van der Waals surface area contributed by atoms with Crippen LogP contribution in [0.1, 0.15) is 31.7 Å². The van der Waals surface area contributed by atoms with Gasteiger partial charge in [-0.05, 0) is 43.2 Å². The van der Waals surface area contributed by atoms with E-state index in [1.807, 2.05) is 31.2 Å². The highest BCUT2D eigenvalue weighted by atomic mass is 79.9. The first-order valence-electron chi connectivity index (χ1n) is 9.74. The molecule has 2 heterocycles. The average Bonchev–Trinajstić information content (AvgIpc) is 3.03. The third-order valence-electron chi connectivity index (χ3n) is 5.67. The van der Waals surface area contributed by atoms with Crippen LogP contribution in [0.2, 0.25) is 10.0 Å². The number of allylic oxidation sites excluding steroid dienone is 1. The Labute approximate surface area is 193 Å². The van der Waals surface area contributed by atoms with Gasteiger partial charge in [0.05, 0.1) is 16.6 Å². The number of amidine groups is 1. The second kappa shape index (κ2) is 8.44. The molecule has 2 aromatic carbocycles. The van der Waals surface area contributed by atoms with Crippen molar-refractivity contribution in [2.24, 2.45) is 4.99 Å². The van der Waals surface area contributed by atoms with Gasteiger partial charge in [-0.2, -0.15) is 4.99 Å². The molecule has 8 heteroatoms. The van der Waals surface area contributed by atoms with Crippen LogP contribution >= 0.6 is 39.1 Å². The van der Waals surface area contributed by atoms with E-state index in [0.29, 0.717) is 27.1 Å². The van der Waals surface area contributed by atoms with Crippen LogP contribution in [0, 0.1) is 0 Å². The fourth-order valence-electron chi connectivity index (χ4n) is 4.33. The Morgan fingerprint density at radius 1 is 1.10 bits per heavy atom. The van der Waals surface area contributed by atoms with Crippen molar-refractivity contribution in [3.8, 4) is 0 Å². The van der Waals surface area contributed by atoms with Gasteiger partial charge in [-0.25, -0.2) is 0 Å². The van der Waals surface area contributed by atoms with Crippen LogP contribution in [0.25, 0.3) is 0 Å². The van der Waals surface area contributed by atoms with Gasteiger partial charge in [-0.1, -0.05) is 45.6 Å². The zero-order chi connectivity index (χ0) is 21.5. The number of hydrogen-bond donors (Lipinski definition) is 0. The van der Waals surface area contributed by atoms with E-state index in [0.717, 1.165) is 42.5 Å². The van der Waals surface area contributed by atoms with E-state index in [1.165, 1.54) is 0 Å². The normalized spacial score (nSPS) is 22.3. The molecule has 1 saturated heterocycles. The van der Waals surface area contributed by atoms with E-state index in [9.17, 15) is 9.90 Å². The number of aliphatic carboxylic acids is 1. The second-order valence-electron chi connectivity index (χ2n) is 7.41. The predicted octanol–water partition coefficient (Wildman–Crippen LogP) is 4.91. The average molecular weight is 509 g/mol. The van der Waals surface area contributed by atoms with Crippen molar-refractivity contribution in [1.29, 1.82) is 0 Å². The number of carbonyl (C=O) groups excluding carboxylic acids is 1. The third-order valence-corrected chi connectivity index (χ3v) is 6.75. The fraction of sp³-hybridized carbons (Fsp3) is 0.273. The van der Waals surface area contributed by atoms with Crippen molar-refractivity contribution in [1.82, 2.24) is 9.60 Å². The lowest BCUT2D eigenvalue weighted by atomic mass is 10.1. The lowest BCUT2D eigenvalue weighted by Gasteiger charge is -2.44. The summed E-state index contributed by atoms with van der Waals surface area (Å²) in [5, 5.41) is 15.2. The van der Waals surface area contributed by atoms with Crippen LogP contribution in [0.4, 0.5) is 5.69 Å². The molecule has 5 nitrogen and oxygen atoms in total. The van der Waals surface area contributed by atoms with Gasteiger partial charge in [0.15, 0.2) is 17.1 Å². The van der Waals surface area contributed by atoms with E-state index < -0.39 is 5.97 Å². The molecule has 2 aliphatic heterocycles. The molecule has 0 spiro atoms. The highest BCUT2D eigenvalue weighted by Crippen LogP contribution is 2.43. The molecule has 1 atom stereocenters. The molecule has 4 rings (SSSR count). The molecular weight excluding hydrogens is 489 g/mol. The SMILES string of the molecule is CC1=C(C(=O)[O-])N=C(c2ccc(Cl)cc2Cl)[N+]1(c1ccc(Br)cc1)N1CCCCC1. The third kappa shape index (κ3) is 3.51. The molecule has 1 fully saturated rings. The number of piperidine rings is 1. The summed E-state index contributed by atoms with van der Waals surface area (Å²) in [6.07, 6.45) is 3.18. The summed E-state index contributed by atoms with van der Waals surface area (Å²) in [4.78, 5) is 16.6. The van der Waals surface area contributed by atoms with Crippen LogP contribution in [-0.2, 0) is 4.79 Å². The first kappa shape index (κ1) is 21.5. The Morgan fingerprint density at radius 3 is 2.37 bits per heavy atom. The van der Waals surface area contributed by atoms with Gasteiger partial charge < -0.3 is 9.90 Å². The number of quaternary nitrogens is 1. The highest BCUT2D eigenvalue weighted by Gasteiger charge is 2.52. The Balaban J connectivity index is 2.03. The zero-order valence-electron chi connectivity index (χ0n) is 16.4. The first-order valence-corrected chi connectivity index (χ1v) is 11.3. The van der Waals surface area contributed by atoms with Gasteiger partial charge in [-0.3, -0.25) is 0 Å². The molecular formula is C22H20BrCl2N3O2. The minimum atomic E-state index is -1.30. The van der Waals surface area contributed by atoms with Crippen molar-refractivity contribution >= 4 is 56.6 Å². The number of carbonyl (C=O) groups is 1. The van der Waals surface area contributed by atoms with Gasteiger partial charge in [0.2, 0.25) is 0 Å². The van der Waals surface area contributed by atoms with Crippen LogP contribution in [0.15, 0.2) is 63.3 Å². The van der Waals surface area contributed by atoms with Crippen LogP contribution in [0.3, 0.4) is 0 Å². The summed E-state index contributed by atoms with van der Waals surface area (Å²) in [6, 6.07) is 13.1. The standard InChI is InChI=1S/C22H20BrCl2N3O2/c1-14-20(22(29)30)26-21(18-10-7-16(24)13-19(18)25)28(14,27-11-3-2-4-12-27)17-8-5-15(23)6-9-17/h5-10,13H,2-4,11-12H2,1H3. The number of aliphatic imine (C=N–C) groups is 1. The molecule has 2 aliphatic rings. The smallest absolute Gasteiger partial charge is 0.267 e. The maximum atomic E-state index is 12.0. The highest BCUT2D eigenvalue weighted by molar-refractivity contribution is 9.10. The number of carboxylic acid groups (broad SMARTS) is 1. The molecule has 156 valence electrons. The zero-order valence-corrected chi connectivity index (χ0v) is 19.5. The Morgan fingerprint density at radius 2 is 1.77 bits per heavy atom. The number of carboxylic acids is 1.